The minimum Gasteiger partial charge on any atom is -0.357 e. The monoisotopic (exact) mass is 520 g/mol. The zero-order valence-corrected chi connectivity index (χ0v) is 22.4. The molecule has 1 aliphatic carbocycles. The lowest BCUT2D eigenvalue weighted by Crippen LogP contribution is -2.20. The summed E-state index contributed by atoms with van der Waals surface area (Å²) in [5.41, 5.74) is 10.4. The molecule has 1 fully saturated rings. The maximum absolute atomic E-state index is 4.72. The van der Waals surface area contributed by atoms with E-state index in [0.29, 0.717) is 0 Å². The SMILES string of the molecule is C=C/C=C(/c1ccsc1)c1cc(-c2n[nH]c3cnc(-c4cncc(CNCC5CCCC5)c4)cc23)[nH]c1C. The Balaban J connectivity index is 1.29. The Bertz CT molecular complexity index is 1580. The van der Waals surface area contributed by atoms with Gasteiger partial charge in [-0.25, -0.2) is 0 Å². The Morgan fingerprint density at radius 2 is 2.08 bits per heavy atom. The average Bonchev–Trinajstić information content (AvgIpc) is 3.75. The molecule has 38 heavy (non-hydrogen) atoms. The van der Waals surface area contributed by atoms with Crippen LogP contribution in [0.1, 0.15) is 48.1 Å². The highest BCUT2D eigenvalue weighted by Crippen LogP contribution is 2.34. The van der Waals surface area contributed by atoms with Crippen molar-refractivity contribution in [2.75, 3.05) is 6.54 Å². The van der Waals surface area contributed by atoms with Gasteiger partial charge in [-0.3, -0.25) is 15.1 Å². The van der Waals surface area contributed by atoms with Crippen LogP contribution in [0.2, 0.25) is 0 Å². The maximum atomic E-state index is 4.72. The van der Waals surface area contributed by atoms with E-state index in [1.807, 2.05) is 24.7 Å². The zero-order chi connectivity index (χ0) is 25.9. The largest absolute Gasteiger partial charge is 0.357 e. The molecule has 0 amide bonds. The minimum absolute atomic E-state index is 0.820. The molecule has 7 heteroatoms. The summed E-state index contributed by atoms with van der Waals surface area (Å²) >= 11 is 1.69. The number of nitrogens with zero attached hydrogens (tertiary/aromatic N) is 3. The number of nitrogens with one attached hydrogen (secondary N) is 3. The highest BCUT2D eigenvalue weighted by molar-refractivity contribution is 7.08. The lowest BCUT2D eigenvalue weighted by Gasteiger charge is -2.11. The number of H-pyrrole nitrogens is 2. The molecule has 0 unspecified atom stereocenters. The van der Waals surface area contributed by atoms with Crippen molar-refractivity contribution < 1.29 is 0 Å². The van der Waals surface area contributed by atoms with Gasteiger partial charge in [-0.05, 0) is 84.0 Å². The Morgan fingerprint density at radius 1 is 1.18 bits per heavy atom. The van der Waals surface area contributed by atoms with Crippen molar-refractivity contribution in [1.29, 1.82) is 0 Å². The first kappa shape index (κ1) is 24.5. The molecule has 0 bridgehead atoms. The highest BCUT2D eigenvalue weighted by atomic mass is 32.1. The lowest BCUT2D eigenvalue weighted by atomic mass is 10.00. The minimum atomic E-state index is 0.820. The van der Waals surface area contributed by atoms with Crippen molar-refractivity contribution in [3.8, 4) is 22.6 Å². The molecule has 0 atom stereocenters. The van der Waals surface area contributed by atoms with Crippen molar-refractivity contribution in [1.82, 2.24) is 30.5 Å². The van der Waals surface area contributed by atoms with E-state index in [0.717, 1.165) is 69.4 Å². The maximum Gasteiger partial charge on any atom is 0.116 e. The molecule has 6 nitrogen and oxygen atoms in total. The van der Waals surface area contributed by atoms with Crippen LogP contribution in [0, 0.1) is 12.8 Å². The number of aromatic nitrogens is 5. The predicted octanol–water partition coefficient (Wildman–Crippen LogP) is 7.28. The van der Waals surface area contributed by atoms with Crippen molar-refractivity contribution in [2.24, 2.45) is 5.92 Å². The molecule has 6 rings (SSSR count). The molecule has 5 heterocycles. The van der Waals surface area contributed by atoms with Crippen LogP contribution >= 0.6 is 11.3 Å². The normalized spacial score (nSPS) is 14.5. The highest BCUT2D eigenvalue weighted by Gasteiger charge is 2.17. The van der Waals surface area contributed by atoms with Gasteiger partial charge in [0.25, 0.3) is 0 Å². The van der Waals surface area contributed by atoms with Crippen molar-refractivity contribution in [2.45, 2.75) is 39.2 Å². The zero-order valence-electron chi connectivity index (χ0n) is 21.6. The molecule has 0 aliphatic heterocycles. The van der Waals surface area contributed by atoms with Gasteiger partial charge in [-0.15, -0.1) is 0 Å². The Kier molecular flexibility index (Phi) is 7.03. The number of fused-ring (bicyclic) bond motifs is 1. The van der Waals surface area contributed by atoms with Gasteiger partial charge < -0.3 is 10.3 Å². The lowest BCUT2D eigenvalue weighted by molar-refractivity contribution is 0.489. The first-order valence-electron chi connectivity index (χ1n) is 13.2. The van der Waals surface area contributed by atoms with Crippen LogP contribution in [0.3, 0.4) is 0 Å². The third-order valence-electron chi connectivity index (χ3n) is 7.45. The Hall–Kier alpha value is -3.81. The smallest absolute Gasteiger partial charge is 0.116 e. The summed E-state index contributed by atoms with van der Waals surface area (Å²) in [7, 11) is 0. The third-order valence-corrected chi connectivity index (χ3v) is 8.13. The van der Waals surface area contributed by atoms with E-state index in [1.165, 1.54) is 36.8 Å². The second-order valence-corrected chi connectivity index (χ2v) is 10.9. The number of aryl methyl sites for hydroxylation is 1. The van der Waals surface area contributed by atoms with Crippen molar-refractivity contribution >= 4 is 27.8 Å². The van der Waals surface area contributed by atoms with E-state index in [1.54, 1.807) is 11.3 Å². The quantitative estimate of drug-likeness (QED) is 0.178. The molecule has 1 aliphatic rings. The number of allylic oxidation sites excluding steroid dienone is 2. The summed E-state index contributed by atoms with van der Waals surface area (Å²) < 4.78 is 0. The molecule has 0 aromatic carbocycles. The van der Waals surface area contributed by atoms with E-state index < -0.39 is 0 Å². The topological polar surface area (TPSA) is 82.3 Å². The summed E-state index contributed by atoms with van der Waals surface area (Å²) in [4.78, 5) is 12.8. The van der Waals surface area contributed by atoms with Gasteiger partial charge in [-0.2, -0.15) is 16.4 Å². The van der Waals surface area contributed by atoms with Gasteiger partial charge in [0.2, 0.25) is 0 Å². The van der Waals surface area contributed by atoms with Gasteiger partial charge in [0.1, 0.15) is 5.69 Å². The molecule has 0 radical (unpaired) electrons. The van der Waals surface area contributed by atoms with Crippen LogP contribution in [0.4, 0.5) is 0 Å². The number of pyridine rings is 2. The number of thiophene rings is 1. The van der Waals surface area contributed by atoms with Gasteiger partial charge in [-0.1, -0.05) is 31.6 Å². The Labute approximate surface area is 227 Å². The number of hydrogen-bond donors (Lipinski definition) is 3. The first-order valence-corrected chi connectivity index (χ1v) is 14.2. The molecule has 5 aromatic rings. The Morgan fingerprint density at radius 3 is 2.89 bits per heavy atom. The van der Waals surface area contributed by atoms with Crippen LogP contribution in [-0.2, 0) is 6.54 Å². The van der Waals surface area contributed by atoms with Crippen molar-refractivity contribution in [3.63, 3.8) is 0 Å². The van der Waals surface area contributed by atoms with Crippen LogP contribution in [0.5, 0.6) is 0 Å². The fourth-order valence-electron chi connectivity index (χ4n) is 5.48. The summed E-state index contributed by atoms with van der Waals surface area (Å²) in [5.74, 6) is 0.820. The second-order valence-electron chi connectivity index (χ2n) is 10.1. The van der Waals surface area contributed by atoms with Crippen LogP contribution in [0.25, 0.3) is 39.1 Å². The average molecular weight is 521 g/mol. The van der Waals surface area contributed by atoms with Gasteiger partial charge >= 0.3 is 0 Å². The van der Waals surface area contributed by atoms with E-state index >= 15 is 0 Å². The van der Waals surface area contributed by atoms with E-state index in [4.69, 9.17) is 4.98 Å². The van der Waals surface area contributed by atoms with Crippen molar-refractivity contribution in [3.05, 3.63) is 94.7 Å². The molecule has 0 saturated heterocycles. The summed E-state index contributed by atoms with van der Waals surface area (Å²) in [6, 6.07) is 8.61. The number of hydrogen-bond acceptors (Lipinski definition) is 5. The van der Waals surface area contributed by atoms with Crippen LogP contribution in [-0.4, -0.2) is 31.7 Å². The molecule has 192 valence electrons. The molecular weight excluding hydrogens is 488 g/mol. The van der Waals surface area contributed by atoms with Gasteiger partial charge in [0.05, 0.1) is 23.1 Å². The summed E-state index contributed by atoms with van der Waals surface area (Å²) in [6.45, 7) is 7.93. The summed E-state index contributed by atoms with van der Waals surface area (Å²) in [6.07, 6.45) is 15.0. The van der Waals surface area contributed by atoms with Gasteiger partial charge in [0.15, 0.2) is 0 Å². The van der Waals surface area contributed by atoms with E-state index in [2.05, 4.69) is 80.1 Å². The number of rotatable bonds is 9. The fourth-order valence-corrected chi connectivity index (χ4v) is 6.14. The fraction of sp³-hybridized carbons (Fsp3) is 0.258. The van der Waals surface area contributed by atoms with Crippen LogP contribution < -0.4 is 5.32 Å². The first-order chi connectivity index (χ1) is 18.7. The molecule has 3 N–H and O–H groups in total. The third kappa shape index (κ3) is 4.99. The van der Waals surface area contributed by atoms with E-state index in [9.17, 15) is 0 Å². The van der Waals surface area contributed by atoms with Gasteiger partial charge in [0, 0.05) is 41.1 Å². The standard InChI is InChI=1S/C31H32N6S/c1-3-6-25(23-9-10-38-19-23)26-12-29(35-20(26)2)31-27-13-28(34-18-30(27)36-37-31)24-11-22(16-33-17-24)15-32-14-21-7-4-5-8-21/h3,6,9-13,16-19,21,32,35H,1,4-5,7-8,14-15H2,2H3,(H,36,37)/b25-6-. The molecule has 1 saturated carbocycles. The summed E-state index contributed by atoms with van der Waals surface area (Å²) in [5, 5.41) is 16.7. The molecule has 0 spiro atoms. The second kappa shape index (κ2) is 10.9. The molecular formula is C31H32N6S. The van der Waals surface area contributed by atoms with Crippen LogP contribution in [0.15, 0.2) is 72.3 Å². The van der Waals surface area contributed by atoms with E-state index in [-0.39, 0.29) is 0 Å². The predicted molar refractivity (Wildman–Crippen MR) is 157 cm³/mol. The number of aromatic amines is 2. The molecule has 5 aromatic heterocycles.